The first-order valence-corrected chi connectivity index (χ1v) is 5.27. The molecule has 0 saturated heterocycles. The third-order valence-corrected chi connectivity index (χ3v) is 2.84. The number of hydrogen-bond donors (Lipinski definition) is 2. The van der Waals surface area contributed by atoms with E-state index in [2.05, 4.69) is 5.32 Å². The fourth-order valence-corrected chi connectivity index (χ4v) is 2.02. The van der Waals surface area contributed by atoms with Gasteiger partial charge in [0.2, 0.25) is 5.91 Å². The Morgan fingerprint density at radius 1 is 1.53 bits per heavy atom. The summed E-state index contributed by atoms with van der Waals surface area (Å²) in [4.78, 5) is 11.3. The quantitative estimate of drug-likeness (QED) is 0.761. The number of fused-ring (bicyclic) bond motifs is 1. The number of amides is 1. The van der Waals surface area contributed by atoms with Crippen molar-refractivity contribution in [3.63, 3.8) is 0 Å². The zero-order valence-electron chi connectivity index (χ0n) is 8.73. The van der Waals surface area contributed by atoms with Gasteiger partial charge in [0.1, 0.15) is 0 Å². The summed E-state index contributed by atoms with van der Waals surface area (Å²) in [7, 11) is 0. The van der Waals surface area contributed by atoms with Gasteiger partial charge in [-0.1, -0.05) is 31.2 Å². The van der Waals surface area contributed by atoms with Crippen molar-refractivity contribution in [2.75, 3.05) is 0 Å². The largest absolute Gasteiger partial charge is 0.390 e. The molecule has 0 fully saturated rings. The second kappa shape index (κ2) is 4.03. The van der Waals surface area contributed by atoms with E-state index in [1.165, 1.54) is 0 Å². The Morgan fingerprint density at radius 2 is 2.27 bits per heavy atom. The van der Waals surface area contributed by atoms with Gasteiger partial charge in [0, 0.05) is 12.8 Å². The lowest BCUT2D eigenvalue weighted by atomic mass is 10.1. The Labute approximate surface area is 89.1 Å². The van der Waals surface area contributed by atoms with E-state index < -0.39 is 6.10 Å². The highest BCUT2D eigenvalue weighted by atomic mass is 16.3. The Bertz CT molecular complexity index is 376. The Morgan fingerprint density at radius 3 is 3.00 bits per heavy atom. The van der Waals surface area contributed by atoms with E-state index in [9.17, 15) is 9.90 Å². The van der Waals surface area contributed by atoms with Gasteiger partial charge in [-0.3, -0.25) is 4.79 Å². The van der Waals surface area contributed by atoms with Gasteiger partial charge in [-0.15, -0.1) is 0 Å². The molecule has 0 heterocycles. The standard InChI is InChI=1S/C12H15NO2/c1-2-11(15)13-12-9-6-4-3-5-8(9)7-10(12)14/h3-6,10,12,14H,2,7H2,1H3,(H,13,15)/t10-,12?/m0/s1. The van der Waals surface area contributed by atoms with Crippen LogP contribution in [0.2, 0.25) is 0 Å². The van der Waals surface area contributed by atoms with Gasteiger partial charge in [0.15, 0.2) is 0 Å². The van der Waals surface area contributed by atoms with Crippen molar-refractivity contribution in [3.05, 3.63) is 35.4 Å². The molecule has 2 rings (SSSR count). The predicted molar refractivity (Wildman–Crippen MR) is 57.3 cm³/mol. The monoisotopic (exact) mass is 205 g/mol. The highest BCUT2D eigenvalue weighted by Gasteiger charge is 2.31. The average Bonchev–Trinajstić information content (AvgIpc) is 2.55. The topological polar surface area (TPSA) is 49.3 Å². The number of nitrogens with one attached hydrogen (secondary N) is 1. The molecule has 0 spiro atoms. The molecule has 2 N–H and O–H groups in total. The van der Waals surface area contributed by atoms with E-state index in [0.717, 1.165) is 11.1 Å². The van der Waals surface area contributed by atoms with Crippen LogP contribution in [-0.2, 0) is 11.2 Å². The van der Waals surface area contributed by atoms with Crippen LogP contribution in [0.25, 0.3) is 0 Å². The molecule has 0 saturated carbocycles. The van der Waals surface area contributed by atoms with Gasteiger partial charge < -0.3 is 10.4 Å². The lowest BCUT2D eigenvalue weighted by Crippen LogP contribution is -2.33. The van der Waals surface area contributed by atoms with Crippen LogP contribution in [0.15, 0.2) is 24.3 Å². The third-order valence-electron chi connectivity index (χ3n) is 2.84. The van der Waals surface area contributed by atoms with Crippen LogP contribution in [0, 0.1) is 0 Å². The summed E-state index contributed by atoms with van der Waals surface area (Å²) in [6, 6.07) is 7.62. The van der Waals surface area contributed by atoms with Gasteiger partial charge >= 0.3 is 0 Å². The van der Waals surface area contributed by atoms with Crippen LogP contribution in [0.5, 0.6) is 0 Å². The number of rotatable bonds is 2. The number of aliphatic hydroxyl groups is 1. The van der Waals surface area contributed by atoms with Gasteiger partial charge in [0.05, 0.1) is 12.1 Å². The first-order chi connectivity index (χ1) is 7.22. The van der Waals surface area contributed by atoms with Crippen molar-refractivity contribution in [3.8, 4) is 0 Å². The van der Waals surface area contributed by atoms with E-state index >= 15 is 0 Å². The van der Waals surface area contributed by atoms with Crippen LogP contribution in [-0.4, -0.2) is 17.1 Å². The maximum Gasteiger partial charge on any atom is 0.220 e. The van der Waals surface area contributed by atoms with Crippen LogP contribution >= 0.6 is 0 Å². The van der Waals surface area contributed by atoms with Crippen LogP contribution < -0.4 is 5.32 Å². The van der Waals surface area contributed by atoms with Crippen LogP contribution in [0.4, 0.5) is 0 Å². The molecule has 1 aromatic carbocycles. The molecule has 0 aromatic heterocycles. The highest BCUT2D eigenvalue weighted by Crippen LogP contribution is 2.31. The zero-order valence-corrected chi connectivity index (χ0v) is 8.73. The summed E-state index contributed by atoms with van der Waals surface area (Å²) in [5.74, 6) is -0.0178. The van der Waals surface area contributed by atoms with Gasteiger partial charge in [0.25, 0.3) is 0 Å². The summed E-state index contributed by atoms with van der Waals surface area (Å²) < 4.78 is 0. The van der Waals surface area contributed by atoms with E-state index in [-0.39, 0.29) is 11.9 Å². The zero-order chi connectivity index (χ0) is 10.8. The smallest absolute Gasteiger partial charge is 0.220 e. The van der Waals surface area contributed by atoms with Crippen LogP contribution in [0.1, 0.15) is 30.5 Å². The predicted octanol–water partition coefficient (Wildman–Crippen LogP) is 1.17. The minimum absolute atomic E-state index is 0.0178. The average molecular weight is 205 g/mol. The Hall–Kier alpha value is -1.35. The molecule has 80 valence electrons. The Balaban J connectivity index is 2.22. The molecular formula is C12H15NO2. The molecule has 0 aliphatic heterocycles. The molecule has 0 radical (unpaired) electrons. The first kappa shape index (κ1) is 10.2. The SMILES string of the molecule is CCC(=O)NC1c2ccccc2C[C@@H]1O. The summed E-state index contributed by atoms with van der Waals surface area (Å²) >= 11 is 0. The molecule has 1 aliphatic carbocycles. The maximum absolute atomic E-state index is 11.3. The normalized spacial score (nSPS) is 23.6. The van der Waals surface area contributed by atoms with E-state index in [1.807, 2.05) is 31.2 Å². The van der Waals surface area contributed by atoms with E-state index in [0.29, 0.717) is 12.8 Å². The fraction of sp³-hybridized carbons (Fsp3) is 0.417. The summed E-state index contributed by atoms with van der Waals surface area (Å²) in [5, 5.41) is 12.7. The summed E-state index contributed by atoms with van der Waals surface area (Å²) in [5.41, 5.74) is 2.18. The fourth-order valence-electron chi connectivity index (χ4n) is 2.02. The molecule has 3 heteroatoms. The van der Waals surface area contributed by atoms with Crippen molar-refractivity contribution in [2.45, 2.75) is 31.9 Å². The van der Waals surface area contributed by atoms with Gasteiger partial charge in [-0.25, -0.2) is 0 Å². The first-order valence-electron chi connectivity index (χ1n) is 5.27. The molecule has 2 atom stereocenters. The number of aliphatic hydroxyl groups excluding tert-OH is 1. The minimum Gasteiger partial charge on any atom is -0.390 e. The lowest BCUT2D eigenvalue weighted by molar-refractivity contribution is -0.122. The lowest BCUT2D eigenvalue weighted by Gasteiger charge is -2.17. The van der Waals surface area contributed by atoms with E-state index in [4.69, 9.17) is 0 Å². The third kappa shape index (κ3) is 1.88. The number of carbonyl (C=O) groups is 1. The molecular weight excluding hydrogens is 190 g/mol. The van der Waals surface area contributed by atoms with E-state index in [1.54, 1.807) is 0 Å². The molecule has 15 heavy (non-hydrogen) atoms. The molecule has 3 nitrogen and oxygen atoms in total. The Kier molecular flexibility index (Phi) is 2.73. The van der Waals surface area contributed by atoms with Crippen LogP contribution in [0.3, 0.4) is 0 Å². The second-order valence-electron chi connectivity index (χ2n) is 3.87. The van der Waals surface area contributed by atoms with Gasteiger partial charge in [-0.2, -0.15) is 0 Å². The minimum atomic E-state index is -0.488. The van der Waals surface area contributed by atoms with Gasteiger partial charge in [-0.05, 0) is 11.1 Å². The molecule has 1 unspecified atom stereocenters. The highest BCUT2D eigenvalue weighted by molar-refractivity contribution is 5.76. The molecule has 1 aromatic rings. The van der Waals surface area contributed by atoms with Crippen molar-refractivity contribution in [1.29, 1.82) is 0 Å². The maximum atomic E-state index is 11.3. The van der Waals surface area contributed by atoms with Crippen molar-refractivity contribution >= 4 is 5.91 Å². The van der Waals surface area contributed by atoms with Crippen molar-refractivity contribution in [1.82, 2.24) is 5.32 Å². The van der Waals surface area contributed by atoms with Crippen molar-refractivity contribution in [2.24, 2.45) is 0 Å². The summed E-state index contributed by atoms with van der Waals surface area (Å²) in [6.07, 6.45) is 0.592. The summed E-state index contributed by atoms with van der Waals surface area (Å²) in [6.45, 7) is 1.81. The number of hydrogen-bond acceptors (Lipinski definition) is 2. The molecule has 1 aliphatic rings. The molecule has 0 bridgehead atoms. The number of benzene rings is 1. The second-order valence-corrected chi connectivity index (χ2v) is 3.87. The number of carbonyl (C=O) groups excluding carboxylic acids is 1. The molecule has 1 amide bonds. The van der Waals surface area contributed by atoms with Crippen molar-refractivity contribution < 1.29 is 9.90 Å².